The molecular weight excluding hydrogens is 252 g/mol. The lowest BCUT2D eigenvalue weighted by molar-refractivity contribution is 0.102. The van der Waals surface area contributed by atoms with E-state index in [9.17, 15) is 13.6 Å². The SMILES string of the molecule is O=C(Nc1ccc(CO)cc1)c1ccc(F)c(F)c1. The van der Waals surface area contributed by atoms with Crippen LogP contribution in [0.5, 0.6) is 0 Å². The number of carbonyl (C=O) groups is 1. The summed E-state index contributed by atoms with van der Waals surface area (Å²) in [7, 11) is 0. The molecule has 0 aliphatic rings. The van der Waals surface area contributed by atoms with Crippen LogP contribution in [0.4, 0.5) is 14.5 Å². The van der Waals surface area contributed by atoms with E-state index in [0.717, 1.165) is 12.1 Å². The van der Waals surface area contributed by atoms with Gasteiger partial charge in [-0.05, 0) is 35.9 Å². The monoisotopic (exact) mass is 263 g/mol. The molecule has 2 aromatic carbocycles. The highest BCUT2D eigenvalue weighted by Gasteiger charge is 2.09. The van der Waals surface area contributed by atoms with Crippen molar-refractivity contribution in [2.75, 3.05) is 5.32 Å². The molecule has 0 fully saturated rings. The normalized spacial score (nSPS) is 10.3. The van der Waals surface area contributed by atoms with Gasteiger partial charge in [0, 0.05) is 11.3 Å². The largest absolute Gasteiger partial charge is 0.392 e. The molecular formula is C14H11F2NO2. The minimum absolute atomic E-state index is 0.0325. The van der Waals surface area contributed by atoms with Gasteiger partial charge < -0.3 is 10.4 Å². The minimum Gasteiger partial charge on any atom is -0.392 e. The average molecular weight is 263 g/mol. The minimum atomic E-state index is -1.07. The number of hydrogen-bond donors (Lipinski definition) is 2. The Kier molecular flexibility index (Phi) is 3.87. The molecule has 0 spiro atoms. The van der Waals surface area contributed by atoms with Crippen molar-refractivity contribution in [2.24, 2.45) is 0 Å². The molecule has 5 heteroatoms. The van der Waals surface area contributed by atoms with E-state index >= 15 is 0 Å². The fraction of sp³-hybridized carbons (Fsp3) is 0.0714. The quantitative estimate of drug-likeness (QED) is 0.894. The second-order valence-corrected chi connectivity index (χ2v) is 3.94. The number of halogens is 2. The number of benzene rings is 2. The molecule has 0 saturated carbocycles. The van der Waals surface area contributed by atoms with Crippen LogP contribution in [0.25, 0.3) is 0 Å². The lowest BCUT2D eigenvalue weighted by Gasteiger charge is -2.06. The summed E-state index contributed by atoms with van der Waals surface area (Å²) in [5, 5.41) is 11.4. The van der Waals surface area contributed by atoms with Gasteiger partial charge >= 0.3 is 0 Å². The molecule has 2 aromatic rings. The van der Waals surface area contributed by atoms with Crippen LogP contribution in [0.15, 0.2) is 42.5 Å². The maximum atomic E-state index is 13.0. The molecule has 0 unspecified atom stereocenters. The van der Waals surface area contributed by atoms with Crippen LogP contribution in [-0.4, -0.2) is 11.0 Å². The topological polar surface area (TPSA) is 49.3 Å². The zero-order valence-corrected chi connectivity index (χ0v) is 9.86. The van der Waals surface area contributed by atoms with E-state index in [4.69, 9.17) is 5.11 Å². The van der Waals surface area contributed by atoms with Gasteiger partial charge in [0.25, 0.3) is 5.91 Å². The highest BCUT2D eigenvalue weighted by atomic mass is 19.2. The van der Waals surface area contributed by atoms with Crippen LogP contribution in [0.3, 0.4) is 0 Å². The number of aliphatic hydroxyl groups is 1. The van der Waals surface area contributed by atoms with E-state index in [-0.39, 0.29) is 12.2 Å². The molecule has 3 nitrogen and oxygen atoms in total. The second-order valence-electron chi connectivity index (χ2n) is 3.94. The first kappa shape index (κ1) is 13.2. The highest BCUT2D eigenvalue weighted by molar-refractivity contribution is 6.04. The van der Waals surface area contributed by atoms with Crippen LogP contribution in [0.2, 0.25) is 0 Å². The first-order valence-electron chi connectivity index (χ1n) is 5.56. The van der Waals surface area contributed by atoms with Crippen LogP contribution in [0.1, 0.15) is 15.9 Å². The van der Waals surface area contributed by atoms with Gasteiger partial charge in [-0.25, -0.2) is 8.78 Å². The Morgan fingerprint density at radius 3 is 2.32 bits per heavy atom. The summed E-state index contributed by atoms with van der Waals surface area (Å²) < 4.78 is 25.7. The highest BCUT2D eigenvalue weighted by Crippen LogP contribution is 2.13. The van der Waals surface area contributed by atoms with E-state index in [0.29, 0.717) is 11.3 Å². The summed E-state index contributed by atoms with van der Waals surface area (Å²) in [6.07, 6.45) is 0. The summed E-state index contributed by atoms with van der Waals surface area (Å²) in [6.45, 7) is -0.0859. The predicted molar refractivity (Wildman–Crippen MR) is 66.7 cm³/mol. The van der Waals surface area contributed by atoms with E-state index < -0.39 is 17.5 Å². The Hall–Kier alpha value is -2.27. The smallest absolute Gasteiger partial charge is 0.255 e. The second kappa shape index (κ2) is 5.58. The van der Waals surface area contributed by atoms with Crippen LogP contribution >= 0.6 is 0 Å². The van der Waals surface area contributed by atoms with Gasteiger partial charge in [0.05, 0.1) is 6.61 Å². The standard InChI is InChI=1S/C14H11F2NO2/c15-12-6-3-10(7-13(12)16)14(19)17-11-4-1-9(8-18)2-5-11/h1-7,18H,8H2,(H,17,19). The van der Waals surface area contributed by atoms with E-state index in [1.807, 2.05) is 0 Å². The Bertz CT molecular complexity index is 597. The molecule has 0 atom stereocenters. The van der Waals surface area contributed by atoms with Crippen molar-refractivity contribution in [3.63, 3.8) is 0 Å². The van der Waals surface area contributed by atoms with E-state index in [1.54, 1.807) is 24.3 Å². The summed E-state index contributed by atoms with van der Waals surface area (Å²) in [5.74, 6) is -2.59. The third-order valence-corrected chi connectivity index (χ3v) is 2.58. The van der Waals surface area contributed by atoms with Gasteiger partial charge in [0.15, 0.2) is 11.6 Å². The van der Waals surface area contributed by atoms with Crippen molar-refractivity contribution in [1.82, 2.24) is 0 Å². The average Bonchev–Trinajstić information content (AvgIpc) is 2.42. The summed E-state index contributed by atoms with van der Waals surface area (Å²) in [5.41, 5.74) is 1.25. The van der Waals surface area contributed by atoms with Gasteiger partial charge in [-0.3, -0.25) is 4.79 Å². The third-order valence-electron chi connectivity index (χ3n) is 2.58. The molecule has 0 aliphatic carbocycles. The molecule has 2 N–H and O–H groups in total. The van der Waals surface area contributed by atoms with Gasteiger partial charge in [-0.2, -0.15) is 0 Å². The molecule has 0 saturated heterocycles. The predicted octanol–water partition coefficient (Wildman–Crippen LogP) is 2.71. The number of rotatable bonds is 3. The molecule has 0 aromatic heterocycles. The van der Waals surface area contributed by atoms with Gasteiger partial charge in [-0.15, -0.1) is 0 Å². The zero-order valence-electron chi connectivity index (χ0n) is 9.86. The zero-order chi connectivity index (χ0) is 13.8. The fourth-order valence-corrected chi connectivity index (χ4v) is 1.53. The third kappa shape index (κ3) is 3.14. The van der Waals surface area contributed by atoms with Gasteiger partial charge in [0.2, 0.25) is 0 Å². The Balaban J connectivity index is 2.13. The van der Waals surface area contributed by atoms with Crippen molar-refractivity contribution in [3.8, 4) is 0 Å². The number of amides is 1. The van der Waals surface area contributed by atoms with Crippen molar-refractivity contribution in [3.05, 3.63) is 65.2 Å². The molecule has 2 rings (SSSR count). The first-order valence-corrected chi connectivity index (χ1v) is 5.56. The Morgan fingerprint density at radius 2 is 1.74 bits per heavy atom. The molecule has 0 aliphatic heterocycles. The molecule has 1 amide bonds. The van der Waals surface area contributed by atoms with E-state index in [1.165, 1.54) is 6.07 Å². The number of nitrogens with one attached hydrogen (secondary N) is 1. The van der Waals surface area contributed by atoms with Gasteiger partial charge in [-0.1, -0.05) is 12.1 Å². The number of hydrogen-bond acceptors (Lipinski definition) is 2. The van der Waals surface area contributed by atoms with Crippen LogP contribution in [-0.2, 0) is 6.61 Å². The molecule has 0 bridgehead atoms. The lowest BCUT2D eigenvalue weighted by atomic mass is 10.2. The molecule has 0 heterocycles. The summed E-state index contributed by atoms with van der Waals surface area (Å²) >= 11 is 0. The summed E-state index contributed by atoms with van der Waals surface area (Å²) in [4.78, 5) is 11.8. The number of carbonyl (C=O) groups excluding carboxylic acids is 1. The fourth-order valence-electron chi connectivity index (χ4n) is 1.53. The van der Waals surface area contributed by atoms with Crippen LogP contribution in [0, 0.1) is 11.6 Å². The van der Waals surface area contributed by atoms with Gasteiger partial charge in [0.1, 0.15) is 0 Å². The molecule has 98 valence electrons. The van der Waals surface area contributed by atoms with Crippen molar-refractivity contribution < 1.29 is 18.7 Å². The Labute approximate surface area is 108 Å². The lowest BCUT2D eigenvalue weighted by Crippen LogP contribution is -2.12. The Morgan fingerprint density at radius 1 is 1.05 bits per heavy atom. The van der Waals surface area contributed by atoms with Crippen molar-refractivity contribution in [1.29, 1.82) is 0 Å². The molecule has 19 heavy (non-hydrogen) atoms. The maximum Gasteiger partial charge on any atom is 0.255 e. The number of anilines is 1. The van der Waals surface area contributed by atoms with Crippen molar-refractivity contribution >= 4 is 11.6 Å². The van der Waals surface area contributed by atoms with Crippen LogP contribution < -0.4 is 5.32 Å². The molecule has 0 radical (unpaired) electrons. The van der Waals surface area contributed by atoms with E-state index in [2.05, 4.69) is 5.32 Å². The summed E-state index contributed by atoms with van der Waals surface area (Å²) in [6, 6.07) is 9.48. The van der Waals surface area contributed by atoms with Crippen molar-refractivity contribution in [2.45, 2.75) is 6.61 Å². The first-order chi connectivity index (χ1) is 9.10. The maximum absolute atomic E-state index is 13.0. The number of aliphatic hydroxyl groups excluding tert-OH is 1.